The van der Waals surface area contributed by atoms with Crippen LogP contribution >= 0.6 is 0 Å². The third kappa shape index (κ3) is 3.35. The molecule has 0 saturated heterocycles. The van der Waals surface area contributed by atoms with Crippen molar-refractivity contribution in [1.29, 1.82) is 0 Å². The zero-order valence-electron chi connectivity index (χ0n) is 9.68. The summed E-state index contributed by atoms with van der Waals surface area (Å²) in [5.41, 5.74) is 1.94. The minimum atomic E-state index is -0.809. The van der Waals surface area contributed by atoms with Crippen molar-refractivity contribution in [2.75, 3.05) is 6.61 Å². The van der Waals surface area contributed by atoms with Crippen molar-refractivity contribution in [3.05, 3.63) is 35.4 Å². The van der Waals surface area contributed by atoms with E-state index in [1.807, 2.05) is 31.2 Å². The second kappa shape index (κ2) is 5.66. The summed E-state index contributed by atoms with van der Waals surface area (Å²) in [6, 6.07) is 7.55. The van der Waals surface area contributed by atoms with E-state index in [9.17, 15) is 4.79 Å². The average molecular weight is 222 g/mol. The lowest BCUT2D eigenvalue weighted by atomic mass is 9.96. The number of benzene rings is 1. The number of carboxylic acids is 1. The molecule has 0 amide bonds. The fraction of sp³-hybridized carbons (Fsp3) is 0.462. The topological polar surface area (TPSA) is 57.5 Å². The SMILES string of the molecule is C[C@@H](CO)Cc1ccc([C@H](C)C(=O)O)cc1. The van der Waals surface area contributed by atoms with Gasteiger partial charge in [0.2, 0.25) is 0 Å². The summed E-state index contributed by atoms with van der Waals surface area (Å²) >= 11 is 0. The Kier molecular flexibility index (Phi) is 4.50. The Bertz CT molecular complexity index is 343. The van der Waals surface area contributed by atoms with Gasteiger partial charge in [-0.15, -0.1) is 0 Å². The molecule has 16 heavy (non-hydrogen) atoms. The molecule has 0 aromatic heterocycles. The van der Waals surface area contributed by atoms with Gasteiger partial charge in [0.05, 0.1) is 5.92 Å². The van der Waals surface area contributed by atoms with Gasteiger partial charge < -0.3 is 10.2 Å². The van der Waals surface area contributed by atoms with E-state index in [1.54, 1.807) is 6.92 Å². The Balaban J connectivity index is 2.71. The Morgan fingerprint density at radius 3 is 2.25 bits per heavy atom. The van der Waals surface area contributed by atoms with Gasteiger partial charge in [0.15, 0.2) is 0 Å². The molecule has 3 heteroatoms. The van der Waals surface area contributed by atoms with E-state index in [-0.39, 0.29) is 12.5 Å². The minimum absolute atomic E-state index is 0.174. The van der Waals surface area contributed by atoms with E-state index in [1.165, 1.54) is 0 Å². The standard InChI is InChI=1S/C13H18O3/c1-9(8-14)7-11-3-5-12(6-4-11)10(2)13(15)16/h3-6,9-10,14H,7-8H2,1-2H3,(H,15,16)/t9-,10+/m1/s1. The van der Waals surface area contributed by atoms with Crippen molar-refractivity contribution in [3.8, 4) is 0 Å². The fourth-order valence-corrected chi connectivity index (χ4v) is 1.55. The maximum atomic E-state index is 10.8. The third-order valence-corrected chi connectivity index (χ3v) is 2.75. The summed E-state index contributed by atoms with van der Waals surface area (Å²) < 4.78 is 0. The predicted octanol–water partition coefficient (Wildman–Crippen LogP) is 2.05. The van der Waals surface area contributed by atoms with Crippen LogP contribution in [0.2, 0.25) is 0 Å². The monoisotopic (exact) mass is 222 g/mol. The van der Waals surface area contributed by atoms with Gasteiger partial charge in [0.1, 0.15) is 0 Å². The van der Waals surface area contributed by atoms with Crippen LogP contribution in [-0.4, -0.2) is 22.8 Å². The number of aliphatic hydroxyl groups is 1. The first-order valence-corrected chi connectivity index (χ1v) is 5.47. The van der Waals surface area contributed by atoms with Gasteiger partial charge in [-0.05, 0) is 30.4 Å². The van der Waals surface area contributed by atoms with Crippen molar-refractivity contribution in [3.63, 3.8) is 0 Å². The molecule has 1 aromatic carbocycles. The van der Waals surface area contributed by atoms with E-state index in [2.05, 4.69) is 0 Å². The van der Waals surface area contributed by atoms with Crippen molar-refractivity contribution >= 4 is 5.97 Å². The lowest BCUT2D eigenvalue weighted by Crippen LogP contribution is -2.08. The minimum Gasteiger partial charge on any atom is -0.481 e. The normalized spacial score (nSPS) is 14.4. The van der Waals surface area contributed by atoms with Crippen LogP contribution in [0, 0.1) is 5.92 Å². The molecule has 0 bridgehead atoms. The van der Waals surface area contributed by atoms with Crippen LogP contribution in [0.5, 0.6) is 0 Å². The summed E-state index contributed by atoms with van der Waals surface area (Å²) in [7, 11) is 0. The summed E-state index contributed by atoms with van der Waals surface area (Å²) in [6.45, 7) is 3.83. The molecule has 0 aliphatic heterocycles. The van der Waals surface area contributed by atoms with Gasteiger partial charge in [-0.2, -0.15) is 0 Å². The molecular weight excluding hydrogens is 204 g/mol. The number of carbonyl (C=O) groups is 1. The van der Waals surface area contributed by atoms with Gasteiger partial charge in [-0.1, -0.05) is 31.2 Å². The largest absolute Gasteiger partial charge is 0.481 e. The number of aliphatic hydroxyl groups excluding tert-OH is 1. The third-order valence-electron chi connectivity index (χ3n) is 2.75. The van der Waals surface area contributed by atoms with Crippen molar-refractivity contribution in [2.24, 2.45) is 5.92 Å². The number of aliphatic carboxylic acids is 1. The molecule has 2 N–H and O–H groups in total. The van der Waals surface area contributed by atoms with Crippen LogP contribution in [0.4, 0.5) is 0 Å². The molecule has 0 fully saturated rings. The van der Waals surface area contributed by atoms with E-state index in [4.69, 9.17) is 10.2 Å². The Morgan fingerprint density at radius 2 is 1.81 bits per heavy atom. The first-order valence-electron chi connectivity index (χ1n) is 5.47. The summed E-state index contributed by atoms with van der Waals surface area (Å²) in [5.74, 6) is -1.04. The van der Waals surface area contributed by atoms with Crippen LogP contribution in [0.25, 0.3) is 0 Å². The highest BCUT2D eigenvalue weighted by Crippen LogP contribution is 2.17. The molecule has 0 aliphatic carbocycles. The van der Waals surface area contributed by atoms with Crippen LogP contribution < -0.4 is 0 Å². The molecule has 0 heterocycles. The number of carboxylic acid groups (broad SMARTS) is 1. The first-order chi connectivity index (χ1) is 7.54. The van der Waals surface area contributed by atoms with Crippen LogP contribution in [0.15, 0.2) is 24.3 Å². The molecule has 0 aliphatic rings. The number of rotatable bonds is 5. The van der Waals surface area contributed by atoms with Crippen molar-refractivity contribution in [1.82, 2.24) is 0 Å². The highest BCUT2D eigenvalue weighted by Gasteiger charge is 2.13. The quantitative estimate of drug-likeness (QED) is 0.801. The average Bonchev–Trinajstić information content (AvgIpc) is 2.28. The van der Waals surface area contributed by atoms with E-state index in [0.717, 1.165) is 17.5 Å². The molecule has 88 valence electrons. The summed E-state index contributed by atoms with van der Waals surface area (Å²) in [6.07, 6.45) is 0.818. The number of hydrogen-bond acceptors (Lipinski definition) is 2. The van der Waals surface area contributed by atoms with Crippen LogP contribution in [0.3, 0.4) is 0 Å². The fourth-order valence-electron chi connectivity index (χ4n) is 1.55. The molecular formula is C13H18O3. The molecule has 1 rings (SSSR count). The summed E-state index contributed by atoms with van der Waals surface area (Å²) in [4.78, 5) is 10.8. The van der Waals surface area contributed by atoms with Crippen LogP contribution in [0.1, 0.15) is 30.9 Å². The molecule has 0 spiro atoms. The van der Waals surface area contributed by atoms with Crippen LogP contribution in [-0.2, 0) is 11.2 Å². The van der Waals surface area contributed by atoms with Gasteiger partial charge in [-0.3, -0.25) is 4.79 Å². The van der Waals surface area contributed by atoms with Crippen molar-refractivity contribution < 1.29 is 15.0 Å². The zero-order chi connectivity index (χ0) is 12.1. The molecule has 0 radical (unpaired) electrons. The van der Waals surface area contributed by atoms with Crippen molar-refractivity contribution in [2.45, 2.75) is 26.2 Å². The maximum absolute atomic E-state index is 10.8. The number of hydrogen-bond donors (Lipinski definition) is 2. The second-order valence-electron chi connectivity index (χ2n) is 4.29. The van der Waals surface area contributed by atoms with E-state index in [0.29, 0.717) is 0 Å². The van der Waals surface area contributed by atoms with E-state index >= 15 is 0 Å². The smallest absolute Gasteiger partial charge is 0.310 e. The van der Waals surface area contributed by atoms with E-state index < -0.39 is 11.9 Å². The van der Waals surface area contributed by atoms with Gasteiger partial charge in [0, 0.05) is 6.61 Å². The van der Waals surface area contributed by atoms with Gasteiger partial charge in [-0.25, -0.2) is 0 Å². The highest BCUT2D eigenvalue weighted by molar-refractivity contribution is 5.75. The molecule has 1 aromatic rings. The highest BCUT2D eigenvalue weighted by atomic mass is 16.4. The maximum Gasteiger partial charge on any atom is 0.310 e. The molecule has 2 atom stereocenters. The molecule has 0 unspecified atom stereocenters. The van der Waals surface area contributed by atoms with Gasteiger partial charge >= 0.3 is 5.97 Å². The Labute approximate surface area is 95.7 Å². The Hall–Kier alpha value is -1.35. The molecule has 3 nitrogen and oxygen atoms in total. The Morgan fingerprint density at radius 1 is 1.25 bits per heavy atom. The lowest BCUT2D eigenvalue weighted by molar-refractivity contribution is -0.138. The molecule has 0 saturated carbocycles. The second-order valence-corrected chi connectivity index (χ2v) is 4.29. The first kappa shape index (κ1) is 12.7. The predicted molar refractivity (Wildman–Crippen MR) is 62.4 cm³/mol. The summed E-state index contributed by atoms with van der Waals surface area (Å²) in [5, 5.41) is 17.8. The lowest BCUT2D eigenvalue weighted by Gasteiger charge is -2.10. The zero-order valence-corrected chi connectivity index (χ0v) is 9.68. The van der Waals surface area contributed by atoms with Gasteiger partial charge in [0.25, 0.3) is 0 Å².